The van der Waals surface area contributed by atoms with Crippen molar-refractivity contribution in [2.75, 3.05) is 79.0 Å². The summed E-state index contributed by atoms with van der Waals surface area (Å²) in [6.45, 7) is 16.8. The molecule has 0 spiro atoms. The van der Waals surface area contributed by atoms with Crippen molar-refractivity contribution in [3.05, 3.63) is 0 Å². The van der Waals surface area contributed by atoms with E-state index in [2.05, 4.69) is 33.6 Å². The van der Waals surface area contributed by atoms with Crippen LogP contribution in [0.25, 0.3) is 0 Å². The van der Waals surface area contributed by atoms with Crippen LogP contribution in [0.4, 0.5) is 0 Å². The molecule has 0 aromatic heterocycles. The monoisotopic (exact) mass is 336 g/mol. The first-order valence-corrected chi connectivity index (χ1v) is 10.5. The highest BCUT2D eigenvalue weighted by Gasteiger charge is 2.21. The van der Waals surface area contributed by atoms with Crippen molar-refractivity contribution in [2.45, 2.75) is 39.0 Å². The van der Waals surface area contributed by atoms with Gasteiger partial charge in [0, 0.05) is 39.3 Å². The molecule has 24 heavy (non-hydrogen) atoms. The van der Waals surface area contributed by atoms with Crippen molar-refractivity contribution in [1.82, 2.24) is 19.6 Å². The van der Waals surface area contributed by atoms with Gasteiger partial charge in [0.25, 0.3) is 0 Å². The van der Waals surface area contributed by atoms with Gasteiger partial charge >= 0.3 is 0 Å². The van der Waals surface area contributed by atoms with Crippen LogP contribution in [0.2, 0.25) is 0 Å². The smallest absolute Gasteiger partial charge is 0.0110 e. The molecule has 3 fully saturated rings. The lowest BCUT2D eigenvalue weighted by molar-refractivity contribution is 0.102. The van der Waals surface area contributed by atoms with Crippen LogP contribution in [0.3, 0.4) is 0 Å². The van der Waals surface area contributed by atoms with Crippen LogP contribution in [0.1, 0.15) is 39.0 Å². The highest BCUT2D eigenvalue weighted by molar-refractivity contribution is 4.77. The highest BCUT2D eigenvalue weighted by atomic mass is 15.3. The molecule has 3 rings (SSSR count). The van der Waals surface area contributed by atoms with Crippen molar-refractivity contribution in [1.29, 1.82) is 0 Å². The summed E-state index contributed by atoms with van der Waals surface area (Å²) in [5, 5.41) is 0. The summed E-state index contributed by atoms with van der Waals surface area (Å²) in [6, 6.07) is 0. The molecule has 140 valence electrons. The highest BCUT2D eigenvalue weighted by Crippen LogP contribution is 2.20. The maximum atomic E-state index is 2.72. The number of piperidine rings is 2. The molecule has 0 aromatic rings. The largest absolute Gasteiger partial charge is 0.306 e. The van der Waals surface area contributed by atoms with E-state index in [0.29, 0.717) is 0 Å². The molecule has 3 aliphatic heterocycles. The van der Waals surface area contributed by atoms with Crippen molar-refractivity contribution in [3.8, 4) is 0 Å². The Balaban J connectivity index is 1.24. The molecule has 3 saturated heterocycles. The van der Waals surface area contributed by atoms with E-state index >= 15 is 0 Å². The first-order valence-electron chi connectivity index (χ1n) is 10.5. The Labute approximate surface area is 150 Å². The van der Waals surface area contributed by atoms with Gasteiger partial charge in [0.15, 0.2) is 0 Å². The van der Waals surface area contributed by atoms with Crippen LogP contribution in [0.5, 0.6) is 0 Å². The number of piperazine rings is 1. The predicted molar refractivity (Wildman–Crippen MR) is 103 cm³/mol. The zero-order valence-corrected chi connectivity index (χ0v) is 16.3. The predicted octanol–water partition coefficient (Wildman–Crippen LogP) is 2.07. The summed E-state index contributed by atoms with van der Waals surface area (Å²) in [6.07, 6.45) is 7.09. The van der Waals surface area contributed by atoms with Crippen LogP contribution in [-0.2, 0) is 0 Å². The lowest BCUT2D eigenvalue weighted by Crippen LogP contribution is -2.49. The van der Waals surface area contributed by atoms with Gasteiger partial charge in [-0.1, -0.05) is 6.92 Å². The number of likely N-dealkylation sites (tertiary alicyclic amines) is 2. The molecule has 0 bridgehead atoms. The normalized spacial score (nSPS) is 27.8. The average Bonchev–Trinajstić information content (AvgIpc) is 2.62. The molecule has 4 nitrogen and oxygen atoms in total. The third kappa shape index (κ3) is 5.98. The zero-order chi connectivity index (χ0) is 16.8. The maximum Gasteiger partial charge on any atom is 0.0110 e. The van der Waals surface area contributed by atoms with Crippen molar-refractivity contribution < 1.29 is 0 Å². The third-order valence-electron chi connectivity index (χ3n) is 6.77. The van der Waals surface area contributed by atoms with Crippen LogP contribution in [-0.4, -0.2) is 98.6 Å². The van der Waals surface area contributed by atoms with Gasteiger partial charge in [0.2, 0.25) is 0 Å². The lowest BCUT2D eigenvalue weighted by Gasteiger charge is -2.38. The summed E-state index contributed by atoms with van der Waals surface area (Å²) in [5.41, 5.74) is 0. The quantitative estimate of drug-likeness (QED) is 0.736. The van der Waals surface area contributed by atoms with E-state index in [4.69, 9.17) is 0 Å². The molecule has 0 saturated carbocycles. The van der Waals surface area contributed by atoms with Gasteiger partial charge < -0.3 is 14.7 Å². The Kier molecular flexibility index (Phi) is 7.38. The third-order valence-corrected chi connectivity index (χ3v) is 6.77. The summed E-state index contributed by atoms with van der Waals surface area (Å²) >= 11 is 0. The van der Waals surface area contributed by atoms with E-state index in [-0.39, 0.29) is 0 Å². The Morgan fingerprint density at radius 3 is 1.71 bits per heavy atom. The standard InChI is InChI=1S/C20H40N4/c1-19-3-10-22(11-4-19)13-16-24-17-14-23(15-18-24)12-7-20-5-8-21(2)9-6-20/h19-20H,3-18H2,1-2H3. The summed E-state index contributed by atoms with van der Waals surface area (Å²) in [4.78, 5) is 10.6. The molecule has 0 unspecified atom stereocenters. The van der Waals surface area contributed by atoms with E-state index < -0.39 is 0 Å². The lowest BCUT2D eigenvalue weighted by atomic mass is 9.93. The summed E-state index contributed by atoms with van der Waals surface area (Å²) < 4.78 is 0. The minimum atomic E-state index is 0.953. The molecule has 0 aromatic carbocycles. The van der Waals surface area contributed by atoms with Crippen LogP contribution >= 0.6 is 0 Å². The van der Waals surface area contributed by atoms with Gasteiger partial charge in [-0.2, -0.15) is 0 Å². The Morgan fingerprint density at radius 2 is 1.12 bits per heavy atom. The van der Waals surface area contributed by atoms with Gasteiger partial charge in [-0.3, -0.25) is 4.90 Å². The van der Waals surface area contributed by atoms with Gasteiger partial charge in [-0.05, 0) is 83.7 Å². The van der Waals surface area contributed by atoms with E-state index in [1.165, 1.54) is 104 Å². The van der Waals surface area contributed by atoms with Crippen molar-refractivity contribution in [3.63, 3.8) is 0 Å². The van der Waals surface area contributed by atoms with Crippen molar-refractivity contribution >= 4 is 0 Å². The van der Waals surface area contributed by atoms with Crippen molar-refractivity contribution in [2.24, 2.45) is 11.8 Å². The molecule has 0 atom stereocenters. The SMILES string of the molecule is CC1CCN(CCN2CCN(CCC3CCN(C)CC3)CC2)CC1. The maximum absolute atomic E-state index is 2.72. The summed E-state index contributed by atoms with van der Waals surface area (Å²) in [7, 11) is 2.26. The Hall–Kier alpha value is -0.160. The first kappa shape index (κ1) is 18.6. The molecule has 3 heterocycles. The van der Waals surface area contributed by atoms with Crippen LogP contribution in [0, 0.1) is 11.8 Å². The minimum absolute atomic E-state index is 0.953. The molecule has 4 heteroatoms. The van der Waals surface area contributed by atoms with Gasteiger partial charge in [-0.15, -0.1) is 0 Å². The topological polar surface area (TPSA) is 13.0 Å². The molecular formula is C20H40N4. The second kappa shape index (κ2) is 9.51. The molecular weight excluding hydrogens is 296 g/mol. The number of hydrogen-bond donors (Lipinski definition) is 0. The van der Waals surface area contributed by atoms with E-state index in [0.717, 1.165) is 11.8 Å². The van der Waals surface area contributed by atoms with Gasteiger partial charge in [-0.25, -0.2) is 0 Å². The molecule has 3 aliphatic rings. The molecule has 0 aliphatic carbocycles. The number of rotatable bonds is 6. The molecule has 0 amide bonds. The Bertz CT molecular complexity index is 304. The van der Waals surface area contributed by atoms with Gasteiger partial charge in [0.1, 0.15) is 0 Å². The average molecular weight is 337 g/mol. The zero-order valence-electron chi connectivity index (χ0n) is 16.3. The molecule has 0 N–H and O–H groups in total. The first-order chi connectivity index (χ1) is 11.7. The van der Waals surface area contributed by atoms with Gasteiger partial charge in [0.05, 0.1) is 0 Å². The Morgan fingerprint density at radius 1 is 0.625 bits per heavy atom. The van der Waals surface area contributed by atoms with Crippen LogP contribution < -0.4 is 0 Å². The fraction of sp³-hybridized carbons (Fsp3) is 1.00. The van der Waals surface area contributed by atoms with E-state index in [1.54, 1.807) is 0 Å². The second-order valence-corrected chi connectivity index (χ2v) is 8.74. The number of nitrogens with zero attached hydrogens (tertiary/aromatic N) is 4. The number of hydrogen-bond acceptors (Lipinski definition) is 4. The fourth-order valence-electron chi connectivity index (χ4n) is 4.52. The summed E-state index contributed by atoms with van der Waals surface area (Å²) in [5.74, 6) is 1.94. The second-order valence-electron chi connectivity index (χ2n) is 8.74. The molecule has 0 radical (unpaired) electrons. The minimum Gasteiger partial charge on any atom is -0.306 e. The van der Waals surface area contributed by atoms with Crippen LogP contribution in [0.15, 0.2) is 0 Å². The fourth-order valence-corrected chi connectivity index (χ4v) is 4.52. The van der Waals surface area contributed by atoms with E-state index in [9.17, 15) is 0 Å². The van der Waals surface area contributed by atoms with E-state index in [1.807, 2.05) is 0 Å².